The molecule has 0 unspecified atom stereocenters. The number of hydrogen-bond donors (Lipinski definition) is 1. The van der Waals surface area contributed by atoms with Gasteiger partial charge in [0, 0.05) is 15.2 Å². The number of H-pyrrole nitrogens is 1. The zero-order chi connectivity index (χ0) is 20.6. The maximum Gasteiger partial charge on any atom is 0.137 e. The van der Waals surface area contributed by atoms with Crippen LogP contribution < -0.4 is 0 Å². The van der Waals surface area contributed by atoms with Gasteiger partial charge < -0.3 is 0 Å². The van der Waals surface area contributed by atoms with E-state index in [1.807, 2.05) is 55.5 Å². The van der Waals surface area contributed by atoms with Gasteiger partial charge in [0.05, 0.1) is 11.2 Å². The predicted molar refractivity (Wildman–Crippen MR) is 123 cm³/mol. The normalized spacial score (nSPS) is 13.2. The van der Waals surface area contributed by atoms with E-state index in [2.05, 4.69) is 36.2 Å². The molecule has 0 amide bonds. The van der Waals surface area contributed by atoms with Crippen LogP contribution in [0.1, 0.15) is 32.9 Å². The van der Waals surface area contributed by atoms with E-state index in [-0.39, 0.29) is 5.82 Å². The quantitative estimate of drug-likeness (QED) is 0.408. The number of allylic oxidation sites excluding steroid dienone is 7. The summed E-state index contributed by atoms with van der Waals surface area (Å²) in [4.78, 5) is 1.59. The van der Waals surface area contributed by atoms with Crippen molar-refractivity contribution in [3.05, 3.63) is 95.5 Å². The molecule has 0 saturated carbocycles. The van der Waals surface area contributed by atoms with Crippen molar-refractivity contribution in [2.75, 3.05) is 0 Å². The number of halogens is 1. The van der Waals surface area contributed by atoms with Crippen molar-refractivity contribution in [3.8, 4) is 0 Å². The summed E-state index contributed by atoms with van der Waals surface area (Å²) in [6.07, 6.45) is 13.3. The average Bonchev–Trinajstić information content (AvgIpc) is 3.14. The molecule has 2 aromatic carbocycles. The van der Waals surface area contributed by atoms with Gasteiger partial charge >= 0.3 is 0 Å². The van der Waals surface area contributed by atoms with Gasteiger partial charge in [-0.3, -0.25) is 5.10 Å². The first kappa shape index (κ1) is 20.9. The first-order valence-electron chi connectivity index (χ1n) is 9.70. The summed E-state index contributed by atoms with van der Waals surface area (Å²) in [7, 11) is 0. The van der Waals surface area contributed by atoms with Gasteiger partial charge in [-0.2, -0.15) is 5.10 Å². The van der Waals surface area contributed by atoms with Crippen LogP contribution in [0.4, 0.5) is 4.39 Å². The summed E-state index contributed by atoms with van der Waals surface area (Å²) in [5, 5.41) is 8.60. The van der Waals surface area contributed by atoms with Gasteiger partial charge in [0.2, 0.25) is 0 Å². The lowest BCUT2D eigenvalue weighted by atomic mass is 10.1. The Labute approximate surface area is 175 Å². The number of rotatable bonds is 7. The summed E-state index contributed by atoms with van der Waals surface area (Å²) in [5.74, 6) is -0.206. The molecule has 2 nitrogen and oxygen atoms in total. The molecule has 1 aromatic heterocycles. The molecule has 148 valence electrons. The van der Waals surface area contributed by atoms with Crippen molar-refractivity contribution in [1.82, 2.24) is 10.2 Å². The molecule has 1 N–H and O–H groups in total. The van der Waals surface area contributed by atoms with Gasteiger partial charge in [0.1, 0.15) is 5.82 Å². The van der Waals surface area contributed by atoms with Crippen molar-refractivity contribution in [2.24, 2.45) is 0 Å². The van der Waals surface area contributed by atoms with Crippen LogP contribution in [-0.2, 0) is 0 Å². The molecule has 0 saturated heterocycles. The fraction of sp³-hybridized carbons (Fsp3) is 0.160. The molecule has 3 rings (SSSR count). The van der Waals surface area contributed by atoms with Crippen LogP contribution in [-0.4, -0.2) is 10.2 Å². The molecule has 0 aliphatic rings. The average molecular weight is 405 g/mol. The minimum atomic E-state index is -0.206. The highest BCUT2D eigenvalue weighted by Crippen LogP contribution is 2.32. The number of aromatic nitrogens is 2. The summed E-state index contributed by atoms with van der Waals surface area (Å²) in [5.41, 5.74) is 4.34. The standard InChI is InChI=1S/C25H25FN2S/c1-4-6-7-10-19(18(3)5-2)13-16-23-21-15-14-20(17-24(21)28-27-23)29-25-12-9-8-11-22(25)26/h4,6-17H,5H2,1-3H3,(H,27,28)/b6-4-,10-7-,16-13+,19-18-. The Morgan fingerprint density at radius 3 is 2.72 bits per heavy atom. The summed E-state index contributed by atoms with van der Waals surface area (Å²) in [6, 6.07) is 12.9. The highest BCUT2D eigenvalue weighted by molar-refractivity contribution is 7.99. The third-order valence-corrected chi connectivity index (χ3v) is 5.69. The Bertz CT molecular complexity index is 1100. The van der Waals surface area contributed by atoms with E-state index < -0.39 is 0 Å². The summed E-state index contributed by atoms with van der Waals surface area (Å²) in [6.45, 7) is 6.31. The Kier molecular flexibility index (Phi) is 7.25. The van der Waals surface area contributed by atoms with Crippen LogP contribution >= 0.6 is 11.8 Å². The van der Waals surface area contributed by atoms with E-state index in [4.69, 9.17) is 0 Å². The summed E-state index contributed by atoms with van der Waals surface area (Å²) < 4.78 is 13.9. The minimum absolute atomic E-state index is 0.206. The number of hydrogen-bond acceptors (Lipinski definition) is 2. The molecule has 0 aliphatic carbocycles. The Balaban J connectivity index is 1.86. The molecule has 0 radical (unpaired) electrons. The van der Waals surface area contributed by atoms with Crippen LogP contribution in [0.15, 0.2) is 93.8 Å². The smallest absolute Gasteiger partial charge is 0.137 e. The minimum Gasteiger partial charge on any atom is -0.277 e. The number of nitrogens with zero attached hydrogens (tertiary/aromatic N) is 1. The number of fused-ring (bicyclic) bond motifs is 1. The van der Waals surface area contributed by atoms with Gasteiger partial charge in [0.15, 0.2) is 0 Å². The van der Waals surface area contributed by atoms with E-state index in [1.165, 1.54) is 29.0 Å². The first-order valence-corrected chi connectivity index (χ1v) is 10.5. The van der Waals surface area contributed by atoms with E-state index >= 15 is 0 Å². The highest BCUT2D eigenvalue weighted by atomic mass is 32.2. The monoisotopic (exact) mass is 404 g/mol. The second kappa shape index (κ2) is 10.1. The molecule has 0 aliphatic heterocycles. The lowest BCUT2D eigenvalue weighted by molar-refractivity contribution is 0.602. The third-order valence-electron chi connectivity index (χ3n) is 4.65. The Morgan fingerprint density at radius 1 is 1.14 bits per heavy atom. The van der Waals surface area contributed by atoms with E-state index in [0.29, 0.717) is 4.90 Å². The van der Waals surface area contributed by atoms with E-state index in [1.54, 1.807) is 12.1 Å². The second-order valence-corrected chi connectivity index (χ2v) is 7.77. The molecule has 29 heavy (non-hydrogen) atoms. The molecule has 0 spiro atoms. The predicted octanol–water partition coefficient (Wildman–Crippen LogP) is 7.73. The van der Waals surface area contributed by atoms with E-state index in [9.17, 15) is 4.39 Å². The maximum absolute atomic E-state index is 13.9. The van der Waals surface area contributed by atoms with Crippen molar-refractivity contribution < 1.29 is 4.39 Å². The Hall–Kier alpha value is -2.85. The molecule has 3 aromatic rings. The highest BCUT2D eigenvalue weighted by Gasteiger charge is 2.07. The fourth-order valence-corrected chi connectivity index (χ4v) is 3.73. The number of nitrogens with one attached hydrogen (secondary N) is 1. The molecule has 0 atom stereocenters. The number of benzene rings is 2. The fourth-order valence-electron chi connectivity index (χ4n) is 2.85. The SMILES string of the molecule is C\C=C/C=C\C(\C=C\c1n[nH]c2cc(Sc3ccccc3F)ccc12)=C(/C)CC. The number of aromatic amines is 1. The van der Waals surface area contributed by atoms with Crippen LogP contribution in [0.2, 0.25) is 0 Å². The van der Waals surface area contributed by atoms with Gasteiger partial charge in [-0.25, -0.2) is 4.39 Å². The van der Waals surface area contributed by atoms with Gasteiger partial charge in [-0.05, 0) is 62.2 Å². The van der Waals surface area contributed by atoms with Gasteiger partial charge in [-0.15, -0.1) is 0 Å². The molecule has 4 heteroatoms. The molecular formula is C25H25FN2S. The van der Waals surface area contributed by atoms with Crippen molar-refractivity contribution >= 4 is 28.7 Å². The van der Waals surface area contributed by atoms with Crippen molar-refractivity contribution in [2.45, 2.75) is 37.0 Å². The van der Waals surface area contributed by atoms with Gasteiger partial charge in [-0.1, -0.05) is 66.8 Å². The van der Waals surface area contributed by atoms with E-state index in [0.717, 1.165) is 27.9 Å². The zero-order valence-electron chi connectivity index (χ0n) is 16.9. The molecule has 1 heterocycles. The third kappa shape index (κ3) is 5.36. The largest absolute Gasteiger partial charge is 0.277 e. The van der Waals surface area contributed by atoms with Crippen LogP contribution in [0.25, 0.3) is 17.0 Å². The topological polar surface area (TPSA) is 28.7 Å². The van der Waals surface area contributed by atoms with Crippen LogP contribution in [0.3, 0.4) is 0 Å². The van der Waals surface area contributed by atoms with Gasteiger partial charge in [0.25, 0.3) is 0 Å². The van der Waals surface area contributed by atoms with Crippen LogP contribution in [0, 0.1) is 5.82 Å². The second-order valence-electron chi connectivity index (χ2n) is 6.66. The lowest BCUT2D eigenvalue weighted by Crippen LogP contribution is -1.82. The molecule has 0 fully saturated rings. The maximum atomic E-state index is 13.9. The lowest BCUT2D eigenvalue weighted by Gasteiger charge is -2.03. The molecule has 0 bridgehead atoms. The van der Waals surface area contributed by atoms with Crippen molar-refractivity contribution in [3.63, 3.8) is 0 Å². The zero-order valence-corrected chi connectivity index (χ0v) is 17.8. The van der Waals surface area contributed by atoms with Crippen LogP contribution in [0.5, 0.6) is 0 Å². The first-order chi connectivity index (χ1) is 14.1. The molecular weight excluding hydrogens is 379 g/mol. The van der Waals surface area contributed by atoms with Crippen molar-refractivity contribution in [1.29, 1.82) is 0 Å². The summed E-state index contributed by atoms with van der Waals surface area (Å²) >= 11 is 1.41. The Morgan fingerprint density at radius 2 is 1.97 bits per heavy atom.